The molecule has 1 aliphatic heterocycles. The van der Waals surface area contributed by atoms with Crippen LogP contribution in [-0.4, -0.2) is 48.8 Å². The number of esters is 1. The Bertz CT molecular complexity index is 802. The summed E-state index contributed by atoms with van der Waals surface area (Å²) in [6.07, 6.45) is 6.64. The van der Waals surface area contributed by atoms with Gasteiger partial charge in [0.05, 0.1) is 24.4 Å². The van der Waals surface area contributed by atoms with Crippen LogP contribution in [0.25, 0.3) is 0 Å². The zero-order valence-corrected chi connectivity index (χ0v) is 19.3. The SMILES string of the molecule is CCN=C(NC(C)c1nc(C)c(C(=O)OCC)s1)NC1C2CCOC2C12CCCC2. The van der Waals surface area contributed by atoms with E-state index in [0.29, 0.717) is 36.1 Å². The molecule has 0 aromatic carbocycles. The standard InChI is InChI=1S/C22H34N4O3S/c1-5-23-21(25-14(4)19-24-13(3)16(30-19)20(27)28-6-2)26-17-15-9-12-29-18(15)22(17)10-7-8-11-22/h14-15,17-18H,5-12H2,1-4H3,(H2,23,25,26). The average molecular weight is 435 g/mol. The van der Waals surface area contributed by atoms with Crippen LogP contribution in [-0.2, 0) is 9.47 Å². The molecule has 4 atom stereocenters. The third kappa shape index (κ3) is 3.73. The highest BCUT2D eigenvalue weighted by atomic mass is 32.1. The molecule has 2 aliphatic carbocycles. The number of ether oxygens (including phenoxy) is 2. The smallest absolute Gasteiger partial charge is 0.350 e. The van der Waals surface area contributed by atoms with E-state index in [1.165, 1.54) is 37.0 Å². The fourth-order valence-corrected chi connectivity index (χ4v) is 6.56. The second-order valence-electron chi connectivity index (χ2n) is 8.68. The molecule has 1 spiro atoms. The van der Waals surface area contributed by atoms with Gasteiger partial charge in [-0.3, -0.25) is 4.99 Å². The van der Waals surface area contributed by atoms with Gasteiger partial charge in [-0.25, -0.2) is 9.78 Å². The van der Waals surface area contributed by atoms with Crippen LogP contribution >= 0.6 is 11.3 Å². The molecule has 8 heteroatoms. The average Bonchev–Trinajstić information content (AvgIpc) is 3.45. The number of hydrogen-bond acceptors (Lipinski definition) is 6. The molecule has 30 heavy (non-hydrogen) atoms. The molecule has 2 N–H and O–H groups in total. The lowest BCUT2D eigenvalue weighted by atomic mass is 9.54. The van der Waals surface area contributed by atoms with E-state index in [2.05, 4.69) is 22.5 Å². The Morgan fingerprint density at radius 2 is 2.17 bits per heavy atom. The van der Waals surface area contributed by atoms with Crippen molar-refractivity contribution in [3.8, 4) is 0 Å². The van der Waals surface area contributed by atoms with Crippen molar-refractivity contribution in [2.45, 2.75) is 78.0 Å². The van der Waals surface area contributed by atoms with Gasteiger partial charge in [-0.2, -0.15) is 0 Å². The van der Waals surface area contributed by atoms with E-state index in [9.17, 15) is 4.79 Å². The van der Waals surface area contributed by atoms with Gasteiger partial charge >= 0.3 is 5.97 Å². The first-order chi connectivity index (χ1) is 14.5. The number of rotatable bonds is 6. The molecule has 1 aromatic rings. The van der Waals surface area contributed by atoms with Crippen LogP contribution < -0.4 is 10.6 Å². The predicted molar refractivity (Wildman–Crippen MR) is 118 cm³/mol. The van der Waals surface area contributed by atoms with Crippen molar-refractivity contribution in [2.24, 2.45) is 16.3 Å². The summed E-state index contributed by atoms with van der Waals surface area (Å²) in [4.78, 5) is 22.1. The van der Waals surface area contributed by atoms with Gasteiger partial charge < -0.3 is 20.1 Å². The third-order valence-electron chi connectivity index (χ3n) is 6.89. The van der Waals surface area contributed by atoms with Gasteiger partial charge in [0.2, 0.25) is 0 Å². The number of carbonyl (C=O) groups excluding carboxylic acids is 1. The summed E-state index contributed by atoms with van der Waals surface area (Å²) >= 11 is 1.40. The Hall–Kier alpha value is -1.67. The first-order valence-corrected chi connectivity index (χ1v) is 12.2. The molecule has 0 amide bonds. The lowest BCUT2D eigenvalue weighted by Crippen LogP contribution is -2.69. The highest BCUT2D eigenvalue weighted by Crippen LogP contribution is 2.60. The van der Waals surface area contributed by atoms with Crippen molar-refractivity contribution in [1.29, 1.82) is 0 Å². The second-order valence-corrected chi connectivity index (χ2v) is 9.71. The van der Waals surface area contributed by atoms with Gasteiger partial charge in [-0.1, -0.05) is 12.8 Å². The number of nitrogens with one attached hydrogen (secondary N) is 2. The van der Waals surface area contributed by atoms with E-state index in [1.54, 1.807) is 0 Å². The molecule has 2 heterocycles. The largest absolute Gasteiger partial charge is 0.462 e. The third-order valence-corrected chi connectivity index (χ3v) is 8.21. The summed E-state index contributed by atoms with van der Waals surface area (Å²) in [6, 6.07) is 0.371. The second kappa shape index (κ2) is 8.83. The zero-order valence-electron chi connectivity index (χ0n) is 18.5. The maximum absolute atomic E-state index is 12.1. The normalized spacial score (nSPS) is 28.1. The number of hydrogen-bond donors (Lipinski definition) is 2. The van der Waals surface area contributed by atoms with Gasteiger partial charge in [-0.15, -0.1) is 11.3 Å². The number of thiazole rings is 1. The van der Waals surface area contributed by atoms with Crippen LogP contribution in [0.4, 0.5) is 0 Å². The van der Waals surface area contributed by atoms with Crippen molar-refractivity contribution in [3.63, 3.8) is 0 Å². The zero-order chi connectivity index (χ0) is 21.3. The fourth-order valence-electron chi connectivity index (χ4n) is 5.60. The molecule has 0 radical (unpaired) electrons. The number of carbonyl (C=O) groups is 1. The van der Waals surface area contributed by atoms with Gasteiger partial charge in [0.25, 0.3) is 0 Å². The molecular formula is C22H34N4O3S. The number of guanidine groups is 1. The van der Waals surface area contributed by atoms with E-state index in [1.807, 2.05) is 20.8 Å². The molecule has 3 aliphatic rings. The minimum atomic E-state index is -0.295. The molecular weight excluding hydrogens is 400 g/mol. The number of aliphatic imine (C=N–C) groups is 1. The summed E-state index contributed by atoms with van der Waals surface area (Å²) in [5, 5.41) is 8.16. The van der Waals surface area contributed by atoms with Gasteiger partial charge in [-0.05, 0) is 47.0 Å². The molecule has 166 valence electrons. The summed E-state index contributed by atoms with van der Waals surface area (Å²) < 4.78 is 11.3. The molecule has 0 bridgehead atoms. The van der Waals surface area contributed by atoms with Crippen molar-refractivity contribution in [2.75, 3.05) is 19.8 Å². The van der Waals surface area contributed by atoms with E-state index in [-0.39, 0.29) is 17.4 Å². The summed E-state index contributed by atoms with van der Waals surface area (Å²) in [7, 11) is 0. The van der Waals surface area contributed by atoms with Gasteiger partial charge in [0.15, 0.2) is 5.96 Å². The molecule has 1 saturated heterocycles. The van der Waals surface area contributed by atoms with Crippen LogP contribution in [0.15, 0.2) is 4.99 Å². The quantitative estimate of drug-likeness (QED) is 0.404. The summed E-state index contributed by atoms with van der Waals surface area (Å²) in [5.74, 6) is 1.12. The Balaban J connectivity index is 1.46. The highest BCUT2D eigenvalue weighted by Gasteiger charge is 2.65. The predicted octanol–water partition coefficient (Wildman–Crippen LogP) is 3.59. The van der Waals surface area contributed by atoms with Crippen LogP contribution in [0, 0.1) is 18.3 Å². The van der Waals surface area contributed by atoms with Crippen molar-refractivity contribution in [1.82, 2.24) is 15.6 Å². The number of aryl methyl sites for hydroxylation is 1. The Morgan fingerprint density at radius 1 is 1.40 bits per heavy atom. The molecule has 1 aromatic heterocycles. The molecule has 7 nitrogen and oxygen atoms in total. The lowest BCUT2D eigenvalue weighted by Gasteiger charge is -2.57. The molecule has 4 rings (SSSR count). The van der Waals surface area contributed by atoms with Crippen molar-refractivity contribution in [3.05, 3.63) is 15.6 Å². The van der Waals surface area contributed by atoms with E-state index in [0.717, 1.165) is 29.7 Å². The van der Waals surface area contributed by atoms with E-state index >= 15 is 0 Å². The first-order valence-electron chi connectivity index (χ1n) is 11.3. The fraction of sp³-hybridized carbons (Fsp3) is 0.773. The Labute approximate surface area is 183 Å². The highest BCUT2D eigenvalue weighted by molar-refractivity contribution is 7.13. The van der Waals surface area contributed by atoms with Gasteiger partial charge in [0.1, 0.15) is 9.88 Å². The molecule has 2 saturated carbocycles. The number of nitrogens with zero attached hydrogens (tertiary/aromatic N) is 2. The topological polar surface area (TPSA) is 84.8 Å². The lowest BCUT2D eigenvalue weighted by molar-refractivity contribution is -0.125. The molecule has 4 unspecified atom stereocenters. The Kier molecular flexibility index (Phi) is 6.34. The number of aromatic nitrogens is 1. The van der Waals surface area contributed by atoms with Crippen LogP contribution in [0.2, 0.25) is 0 Å². The summed E-state index contributed by atoms with van der Waals surface area (Å²) in [5.41, 5.74) is 0.994. The monoisotopic (exact) mass is 434 g/mol. The maximum atomic E-state index is 12.1. The van der Waals surface area contributed by atoms with Gasteiger partial charge in [0, 0.05) is 30.5 Å². The maximum Gasteiger partial charge on any atom is 0.350 e. The van der Waals surface area contributed by atoms with Crippen LogP contribution in [0.1, 0.15) is 79.3 Å². The van der Waals surface area contributed by atoms with Crippen LogP contribution in [0.3, 0.4) is 0 Å². The summed E-state index contributed by atoms with van der Waals surface area (Å²) in [6.45, 7) is 9.74. The Morgan fingerprint density at radius 3 is 2.87 bits per heavy atom. The minimum absolute atomic E-state index is 0.0510. The van der Waals surface area contributed by atoms with Crippen molar-refractivity contribution < 1.29 is 14.3 Å². The number of fused-ring (bicyclic) bond motifs is 2. The van der Waals surface area contributed by atoms with Crippen molar-refractivity contribution >= 4 is 23.3 Å². The minimum Gasteiger partial charge on any atom is -0.462 e. The molecule has 3 fully saturated rings. The van der Waals surface area contributed by atoms with E-state index < -0.39 is 0 Å². The van der Waals surface area contributed by atoms with E-state index in [4.69, 9.17) is 14.5 Å². The first kappa shape index (κ1) is 21.6. The van der Waals surface area contributed by atoms with Crippen LogP contribution in [0.5, 0.6) is 0 Å².